The van der Waals surface area contributed by atoms with Gasteiger partial charge in [0.2, 0.25) is 5.91 Å². The molecule has 9 nitrogen and oxygen atoms in total. The zero-order valence-corrected chi connectivity index (χ0v) is 18.6. The smallest absolute Gasteiger partial charge is 0.323 e. The molecule has 2 aromatic heterocycles. The van der Waals surface area contributed by atoms with E-state index in [0.717, 1.165) is 43.7 Å². The van der Waals surface area contributed by atoms with E-state index in [4.69, 9.17) is 4.18 Å². The first-order valence-corrected chi connectivity index (χ1v) is 12.1. The summed E-state index contributed by atoms with van der Waals surface area (Å²) in [5.74, 6) is -0.511. The van der Waals surface area contributed by atoms with E-state index in [0.29, 0.717) is 11.5 Å². The molecule has 3 heterocycles. The van der Waals surface area contributed by atoms with Crippen molar-refractivity contribution in [3.05, 3.63) is 40.9 Å². The van der Waals surface area contributed by atoms with Gasteiger partial charge in [-0.25, -0.2) is 4.98 Å². The van der Waals surface area contributed by atoms with Crippen LogP contribution in [0.4, 0.5) is 5.82 Å². The number of nitrogens with zero attached hydrogens (tertiary/aromatic N) is 1. The molecule has 4 N–H and O–H groups in total. The molecule has 0 fully saturated rings. The molecule has 2 atom stereocenters. The van der Waals surface area contributed by atoms with Crippen molar-refractivity contribution in [3.63, 3.8) is 0 Å². The molecule has 11 heteroatoms. The summed E-state index contributed by atoms with van der Waals surface area (Å²) in [5.41, 5.74) is 2.25. The Hall–Kier alpha value is -2.50. The number of pyridine rings is 1. The third kappa shape index (κ3) is 7.60. The number of amides is 1. The lowest BCUT2D eigenvalue weighted by Gasteiger charge is -2.17. The van der Waals surface area contributed by atoms with Gasteiger partial charge in [0.05, 0.1) is 0 Å². The monoisotopic (exact) mass is 466 g/mol. The van der Waals surface area contributed by atoms with E-state index >= 15 is 0 Å². The minimum atomic E-state index is -2.03. The highest BCUT2D eigenvalue weighted by atomic mass is 32.2. The molecule has 1 amide bonds. The van der Waals surface area contributed by atoms with Gasteiger partial charge in [-0.2, -0.15) is 8.93 Å². The Bertz CT molecular complexity index is 907. The highest BCUT2D eigenvalue weighted by Crippen LogP contribution is 2.20. The third-order valence-corrected chi connectivity index (χ3v) is 6.39. The van der Waals surface area contributed by atoms with Crippen LogP contribution in [0, 0.1) is 0 Å². The van der Waals surface area contributed by atoms with E-state index in [-0.39, 0.29) is 18.9 Å². The van der Waals surface area contributed by atoms with Crippen LogP contribution in [0.3, 0.4) is 0 Å². The van der Waals surface area contributed by atoms with Crippen LogP contribution in [0.25, 0.3) is 0 Å². The maximum absolute atomic E-state index is 12.1. The number of hydrogen-bond acceptors (Lipinski definition) is 7. The standard InChI is InChI=1S/C20H26N4O5S2/c25-17(7-2-1-6-15-10-9-14-5-3-11-21-19(14)23-15)22-13-16(20(26)27)24-31(28)29-18-8-4-12-30-18/h4,8-10,12,16,24H,1-3,5-7,11,13H2,(H,21,23)(H,22,25)(H,26,27). The van der Waals surface area contributed by atoms with E-state index in [1.807, 2.05) is 6.07 Å². The fourth-order valence-corrected chi connectivity index (χ4v) is 4.57. The molecule has 2 unspecified atom stereocenters. The largest absolute Gasteiger partial charge is 0.480 e. The van der Waals surface area contributed by atoms with Gasteiger partial charge < -0.3 is 19.9 Å². The van der Waals surface area contributed by atoms with Crippen molar-refractivity contribution in [3.8, 4) is 5.06 Å². The van der Waals surface area contributed by atoms with Crippen LogP contribution in [0.2, 0.25) is 0 Å². The van der Waals surface area contributed by atoms with Gasteiger partial charge in [-0.15, -0.1) is 11.3 Å². The Morgan fingerprint density at radius 2 is 2.19 bits per heavy atom. The van der Waals surface area contributed by atoms with Crippen molar-refractivity contribution in [2.24, 2.45) is 0 Å². The number of aryl methyl sites for hydroxylation is 2. The van der Waals surface area contributed by atoms with Crippen LogP contribution >= 0.6 is 11.3 Å². The second-order valence-electron chi connectivity index (χ2n) is 7.11. The minimum absolute atomic E-state index is 0.189. The van der Waals surface area contributed by atoms with Crippen LogP contribution in [-0.4, -0.2) is 45.3 Å². The summed E-state index contributed by atoms with van der Waals surface area (Å²) < 4.78 is 19.3. The first-order chi connectivity index (χ1) is 15.0. The second kappa shape index (κ2) is 11.8. The molecule has 1 aliphatic heterocycles. The van der Waals surface area contributed by atoms with Crippen LogP contribution < -0.4 is 19.5 Å². The van der Waals surface area contributed by atoms with E-state index in [2.05, 4.69) is 26.4 Å². The number of carboxylic acid groups (broad SMARTS) is 1. The number of thiophene rings is 1. The molecule has 0 spiro atoms. The van der Waals surface area contributed by atoms with Crippen molar-refractivity contribution in [2.75, 3.05) is 18.4 Å². The van der Waals surface area contributed by atoms with Gasteiger partial charge in [-0.05, 0) is 61.2 Å². The number of unbranched alkanes of at least 4 members (excludes halogenated alkanes) is 1. The van der Waals surface area contributed by atoms with Gasteiger partial charge in [0, 0.05) is 25.2 Å². The highest BCUT2D eigenvalue weighted by Gasteiger charge is 2.21. The molecule has 0 aliphatic carbocycles. The molecule has 0 saturated heterocycles. The summed E-state index contributed by atoms with van der Waals surface area (Å²) in [6.07, 6.45) is 4.70. The van der Waals surface area contributed by atoms with Gasteiger partial charge in [-0.1, -0.05) is 6.07 Å². The van der Waals surface area contributed by atoms with Crippen molar-refractivity contribution in [1.82, 2.24) is 15.0 Å². The number of carbonyl (C=O) groups excluding carboxylic acids is 1. The van der Waals surface area contributed by atoms with Crippen molar-refractivity contribution in [2.45, 2.75) is 44.6 Å². The number of anilines is 1. The first kappa shape index (κ1) is 23.2. The Morgan fingerprint density at radius 3 is 2.97 bits per heavy atom. The van der Waals surface area contributed by atoms with Crippen molar-refractivity contribution < 1.29 is 23.1 Å². The fourth-order valence-electron chi connectivity index (χ4n) is 3.11. The number of aromatic nitrogens is 1. The summed E-state index contributed by atoms with van der Waals surface area (Å²) in [6.45, 7) is 0.759. The van der Waals surface area contributed by atoms with Crippen LogP contribution in [0.1, 0.15) is 36.9 Å². The van der Waals surface area contributed by atoms with Gasteiger partial charge in [0.25, 0.3) is 11.3 Å². The Kier molecular flexibility index (Phi) is 8.80. The van der Waals surface area contributed by atoms with E-state index in [9.17, 15) is 18.9 Å². The van der Waals surface area contributed by atoms with Crippen LogP contribution in [0.15, 0.2) is 29.6 Å². The molecule has 0 saturated carbocycles. The lowest BCUT2D eigenvalue weighted by atomic mass is 10.1. The minimum Gasteiger partial charge on any atom is -0.480 e. The number of aliphatic carboxylic acids is 1. The maximum Gasteiger partial charge on any atom is 0.323 e. The molecule has 0 bridgehead atoms. The van der Waals surface area contributed by atoms with Crippen LogP contribution in [0.5, 0.6) is 5.06 Å². The topological polar surface area (TPSA) is 130 Å². The van der Waals surface area contributed by atoms with Crippen molar-refractivity contribution >= 4 is 40.3 Å². The quantitative estimate of drug-likeness (QED) is 0.352. The van der Waals surface area contributed by atoms with Gasteiger partial charge >= 0.3 is 5.97 Å². The van der Waals surface area contributed by atoms with E-state index in [1.165, 1.54) is 16.9 Å². The molecule has 0 radical (unpaired) electrons. The Balaban J connectivity index is 1.34. The fraction of sp³-hybridized carbons (Fsp3) is 0.450. The molecular weight excluding hydrogens is 440 g/mol. The second-order valence-corrected chi connectivity index (χ2v) is 8.89. The van der Waals surface area contributed by atoms with Crippen molar-refractivity contribution in [1.29, 1.82) is 0 Å². The number of hydrogen-bond donors (Lipinski definition) is 4. The molecule has 2 aromatic rings. The number of carbonyl (C=O) groups is 2. The summed E-state index contributed by atoms with van der Waals surface area (Å²) in [4.78, 5) is 28.0. The zero-order chi connectivity index (χ0) is 22.1. The van der Waals surface area contributed by atoms with Gasteiger partial charge in [0.1, 0.15) is 11.9 Å². The molecule has 1 aliphatic rings. The number of nitrogens with one attached hydrogen (secondary N) is 3. The average molecular weight is 467 g/mol. The first-order valence-electron chi connectivity index (χ1n) is 10.1. The third-order valence-electron chi connectivity index (χ3n) is 4.73. The van der Waals surface area contributed by atoms with Gasteiger partial charge in [-0.3, -0.25) is 9.59 Å². The van der Waals surface area contributed by atoms with E-state index < -0.39 is 23.3 Å². The number of rotatable bonds is 12. The lowest BCUT2D eigenvalue weighted by Crippen LogP contribution is -2.47. The zero-order valence-electron chi connectivity index (χ0n) is 17.0. The summed E-state index contributed by atoms with van der Waals surface area (Å²) in [5, 5.41) is 17.3. The molecule has 31 heavy (non-hydrogen) atoms. The Morgan fingerprint density at radius 1 is 1.32 bits per heavy atom. The number of fused-ring (bicyclic) bond motifs is 1. The van der Waals surface area contributed by atoms with Crippen LogP contribution in [-0.2, 0) is 33.7 Å². The Labute approximate surface area is 187 Å². The average Bonchev–Trinajstić information content (AvgIpc) is 3.26. The molecule has 168 valence electrons. The predicted molar refractivity (Wildman–Crippen MR) is 119 cm³/mol. The molecule has 3 rings (SSSR count). The normalized spacial score (nSPS) is 14.7. The maximum atomic E-state index is 12.1. The summed E-state index contributed by atoms with van der Waals surface area (Å²) in [6, 6.07) is 6.27. The van der Waals surface area contributed by atoms with Gasteiger partial charge in [0.15, 0.2) is 5.06 Å². The summed E-state index contributed by atoms with van der Waals surface area (Å²) >= 11 is -0.787. The molecule has 0 aromatic carbocycles. The SMILES string of the molecule is O=C(CCCCc1ccc2c(n1)NCCC2)NCC(NS(=O)Oc1cccs1)C(=O)O. The summed E-state index contributed by atoms with van der Waals surface area (Å²) in [7, 11) is 0. The molecular formula is C20H26N4O5S2. The predicted octanol–water partition coefficient (Wildman–Crippen LogP) is 2.03. The lowest BCUT2D eigenvalue weighted by molar-refractivity contribution is -0.138. The van der Waals surface area contributed by atoms with E-state index in [1.54, 1.807) is 17.5 Å². The number of carboxylic acids is 1. The highest BCUT2D eigenvalue weighted by molar-refractivity contribution is 7.78.